The average molecular weight is 360 g/mol. The number of rotatable bonds is 5. The van der Waals surface area contributed by atoms with Crippen LogP contribution in [0.25, 0.3) is 0 Å². The molecule has 2 N–H and O–H groups in total. The van der Waals surface area contributed by atoms with Crippen LogP contribution in [-0.4, -0.2) is 18.9 Å². The number of hydrogen-bond donors (Lipinski definition) is 2. The van der Waals surface area contributed by atoms with Crippen LogP contribution >= 0.6 is 0 Å². The van der Waals surface area contributed by atoms with E-state index >= 15 is 0 Å². The second kappa shape index (κ2) is 8.19. The van der Waals surface area contributed by atoms with Gasteiger partial charge in [-0.1, -0.05) is 30.3 Å². The Kier molecular flexibility index (Phi) is 5.52. The largest absolute Gasteiger partial charge is 0.496 e. The van der Waals surface area contributed by atoms with Gasteiger partial charge in [0.05, 0.1) is 12.7 Å². The molecule has 3 aromatic rings. The van der Waals surface area contributed by atoms with Crippen LogP contribution in [0.1, 0.15) is 26.3 Å². The van der Waals surface area contributed by atoms with Gasteiger partial charge in [-0.2, -0.15) is 0 Å². The van der Waals surface area contributed by atoms with Gasteiger partial charge in [-0.3, -0.25) is 9.59 Å². The lowest BCUT2D eigenvalue weighted by Crippen LogP contribution is -2.14. The predicted molar refractivity (Wildman–Crippen MR) is 107 cm³/mol. The van der Waals surface area contributed by atoms with Crippen LogP contribution in [0, 0.1) is 6.92 Å². The Labute approximate surface area is 158 Å². The Morgan fingerprint density at radius 1 is 0.704 bits per heavy atom. The molecule has 2 amide bonds. The highest BCUT2D eigenvalue weighted by Gasteiger charge is 2.12. The van der Waals surface area contributed by atoms with Crippen molar-refractivity contribution in [2.45, 2.75) is 6.92 Å². The average Bonchev–Trinajstić information content (AvgIpc) is 2.69. The highest BCUT2D eigenvalue weighted by molar-refractivity contribution is 6.07. The zero-order valence-electron chi connectivity index (χ0n) is 15.2. The number of carbonyl (C=O) groups excluding carboxylic acids is 2. The third kappa shape index (κ3) is 4.33. The van der Waals surface area contributed by atoms with Crippen molar-refractivity contribution in [1.29, 1.82) is 0 Å². The summed E-state index contributed by atoms with van der Waals surface area (Å²) < 4.78 is 5.21. The maximum Gasteiger partial charge on any atom is 0.259 e. The summed E-state index contributed by atoms with van der Waals surface area (Å²) in [6, 6.07) is 21.4. The lowest BCUT2D eigenvalue weighted by atomic mass is 10.1. The van der Waals surface area contributed by atoms with Gasteiger partial charge < -0.3 is 15.4 Å². The molecule has 0 aliphatic heterocycles. The van der Waals surface area contributed by atoms with Gasteiger partial charge in [-0.15, -0.1) is 0 Å². The Morgan fingerprint density at radius 3 is 1.74 bits per heavy atom. The molecule has 0 bridgehead atoms. The lowest BCUT2D eigenvalue weighted by Gasteiger charge is -2.10. The van der Waals surface area contributed by atoms with E-state index in [1.165, 1.54) is 7.11 Å². The van der Waals surface area contributed by atoms with Crippen molar-refractivity contribution >= 4 is 23.2 Å². The highest BCUT2D eigenvalue weighted by atomic mass is 16.5. The molecule has 0 radical (unpaired) electrons. The Hall–Kier alpha value is -3.60. The first-order chi connectivity index (χ1) is 13.1. The van der Waals surface area contributed by atoms with Crippen LogP contribution in [-0.2, 0) is 0 Å². The summed E-state index contributed by atoms with van der Waals surface area (Å²) in [5.74, 6) is 0.0835. The molecule has 0 atom stereocenters. The Morgan fingerprint density at radius 2 is 1.19 bits per heavy atom. The second-order valence-corrected chi connectivity index (χ2v) is 6.00. The summed E-state index contributed by atoms with van der Waals surface area (Å²) in [6.07, 6.45) is 0. The Balaban J connectivity index is 1.68. The molecular formula is C22H20N2O3. The summed E-state index contributed by atoms with van der Waals surface area (Å²) in [5, 5.41) is 5.68. The molecule has 27 heavy (non-hydrogen) atoms. The first-order valence-electron chi connectivity index (χ1n) is 8.50. The number of ether oxygens (including phenoxy) is 1. The molecule has 0 heterocycles. The highest BCUT2D eigenvalue weighted by Crippen LogP contribution is 2.20. The fourth-order valence-electron chi connectivity index (χ4n) is 2.69. The van der Waals surface area contributed by atoms with E-state index in [1.807, 2.05) is 31.2 Å². The van der Waals surface area contributed by atoms with Crippen LogP contribution in [0.5, 0.6) is 5.75 Å². The minimum absolute atomic E-state index is 0.168. The molecule has 3 rings (SSSR count). The number of hydrogen-bond acceptors (Lipinski definition) is 3. The topological polar surface area (TPSA) is 67.4 Å². The van der Waals surface area contributed by atoms with E-state index in [2.05, 4.69) is 10.6 Å². The van der Waals surface area contributed by atoms with Crippen LogP contribution in [0.3, 0.4) is 0 Å². The first kappa shape index (κ1) is 18.2. The van der Waals surface area contributed by atoms with E-state index in [4.69, 9.17) is 4.74 Å². The number of amides is 2. The quantitative estimate of drug-likeness (QED) is 0.703. The molecule has 136 valence electrons. The van der Waals surface area contributed by atoms with Crippen LogP contribution in [0.4, 0.5) is 11.4 Å². The molecule has 5 heteroatoms. The fraction of sp³-hybridized carbons (Fsp3) is 0.0909. The van der Waals surface area contributed by atoms with E-state index in [1.54, 1.807) is 48.5 Å². The molecule has 0 unspecified atom stereocenters. The SMILES string of the molecule is COc1ccccc1C(=O)Nc1ccc(NC(=O)c2ccccc2C)cc1. The molecule has 0 fully saturated rings. The van der Waals surface area contributed by atoms with Gasteiger partial charge >= 0.3 is 0 Å². The van der Waals surface area contributed by atoms with E-state index in [0.717, 1.165) is 5.56 Å². The van der Waals surface area contributed by atoms with Crippen LogP contribution in [0.2, 0.25) is 0 Å². The second-order valence-electron chi connectivity index (χ2n) is 6.00. The zero-order chi connectivity index (χ0) is 19.2. The first-order valence-corrected chi connectivity index (χ1v) is 8.50. The number of carbonyl (C=O) groups is 2. The van der Waals surface area contributed by atoms with Gasteiger partial charge in [-0.25, -0.2) is 0 Å². The van der Waals surface area contributed by atoms with Crippen LogP contribution in [0.15, 0.2) is 72.8 Å². The maximum absolute atomic E-state index is 12.4. The van der Waals surface area contributed by atoms with Gasteiger partial charge in [-0.05, 0) is 55.0 Å². The lowest BCUT2D eigenvalue weighted by molar-refractivity contribution is 0.101. The third-order valence-electron chi connectivity index (χ3n) is 4.14. The number of benzene rings is 3. The number of methoxy groups -OCH3 is 1. The molecular weight excluding hydrogens is 340 g/mol. The number of nitrogens with one attached hydrogen (secondary N) is 2. The van der Waals surface area contributed by atoms with Crippen molar-refractivity contribution in [3.05, 3.63) is 89.5 Å². The van der Waals surface area contributed by atoms with Crippen molar-refractivity contribution in [1.82, 2.24) is 0 Å². The Bertz CT molecular complexity index is 965. The summed E-state index contributed by atoms with van der Waals surface area (Å²) in [7, 11) is 1.53. The van der Waals surface area contributed by atoms with E-state index in [9.17, 15) is 9.59 Å². The molecule has 0 saturated heterocycles. The molecule has 0 aromatic heterocycles. The summed E-state index contributed by atoms with van der Waals surface area (Å²) >= 11 is 0. The molecule has 0 aliphatic carbocycles. The minimum atomic E-state index is -0.260. The van der Waals surface area contributed by atoms with Crippen molar-refractivity contribution in [2.24, 2.45) is 0 Å². The standard InChI is InChI=1S/C22H20N2O3/c1-15-7-3-4-8-18(15)21(25)23-16-11-13-17(14-12-16)24-22(26)19-9-5-6-10-20(19)27-2/h3-14H,1-2H3,(H,23,25)(H,24,26). The molecule has 5 nitrogen and oxygen atoms in total. The monoisotopic (exact) mass is 360 g/mol. The molecule has 0 spiro atoms. The van der Waals surface area contributed by atoms with Crippen molar-refractivity contribution in [3.8, 4) is 5.75 Å². The molecule has 0 aliphatic rings. The van der Waals surface area contributed by atoms with Gasteiger partial charge in [0, 0.05) is 16.9 Å². The zero-order valence-corrected chi connectivity index (χ0v) is 15.2. The van der Waals surface area contributed by atoms with Crippen molar-refractivity contribution in [3.63, 3.8) is 0 Å². The van der Waals surface area contributed by atoms with E-state index in [0.29, 0.717) is 28.3 Å². The maximum atomic E-state index is 12.4. The number of aryl methyl sites for hydroxylation is 1. The molecule has 3 aromatic carbocycles. The summed E-state index contributed by atoms with van der Waals surface area (Å²) in [6.45, 7) is 1.89. The normalized spacial score (nSPS) is 10.1. The van der Waals surface area contributed by atoms with Gasteiger partial charge in [0.2, 0.25) is 0 Å². The number of para-hydroxylation sites is 1. The van der Waals surface area contributed by atoms with Gasteiger partial charge in [0.15, 0.2) is 0 Å². The summed E-state index contributed by atoms with van der Waals surface area (Å²) in [5.41, 5.74) is 3.28. The smallest absolute Gasteiger partial charge is 0.259 e. The summed E-state index contributed by atoms with van der Waals surface area (Å²) in [4.78, 5) is 24.8. The minimum Gasteiger partial charge on any atom is -0.496 e. The third-order valence-corrected chi connectivity index (χ3v) is 4.14. The van der Waals surface area contributed by atoms with Gasteiger partial charge in [0.25, 0.3) is 11.8 Å². The van der Waals surface area contributed by atoms with E-state index in [-0.39, 0.29) is 11.8 Å². The van der Waals surface area contributed by atoms with Gasteiger partial charge in [0.1, 0.15) is 5.75 Å². The fourth-order valence-corrected chi connectivity index (χ4v) is 2.69. The predicted octanol–water partition coefficient (Wildman–Crippen LogP) is 4.51. The van der Waals surface area contributed by atoms with Crippen molar-refractivity contribution < 1.29 is 14.3 Å². The van der Waals surface area contributed by atoms with Crippen LogP contribution < -0.4 is 15.4 Å². The van der Waals surface area contributed by atoms with E-state index < -0.39 is 0 Å². The van der Waals surface area contributed by atoms with Crippen molar-refractivity contribution in [2.75, 3.05) is 17.7 Å². The number of anilines is 2. The molecule has 0 saturated carbocycles.